The minimum Gasteiger partial charge on any atom is -0.480 e. The molecule has 1 aliphatic heterocycles. The number of amides is 1. The van der Waals surface area contributed by atoms with Crippen molar-refractivity contribution in [3.05, 3.63) is 47.8 Å². The van der Waals surface area contributed by atoms with Crippen molar-refractivity contribution in [2.45, 2.75) is 12.6 Å². The Kier molecular flexibility index (Phi) is 4.33. The molecule has 2 heterocycles. The van der Waals surface area contributed by atoms with E-state index in [1.54, 1.807) is 4.68 Å². The number of hydrogen-bond donors (Lipinski definition) is 1. The van der Waals surface area contributed by atoms with E-state index >= 15 is 0 Å². The maximum Gasteiger partial charge on any atom is 0.328 e. The SMILES string of the molecule is O=C(O)C1COCCN1C(=O)c1cn(Cc2ccccc2)nn1. The Bertz CT molecular complexity index is 701. The Morgan fingerprint density at radius 1 is 1.30 bits per heavy atom. The summed E-state index contributed by atoms with van der Waals surface area (Å²) in [6, 6.07) is 8.67. The standard InChI is InChI=1S/C15H16N4O4/c20-14(19-6-7-23-10-13(19)15(21)22)12-9-18(17-16-12)8-11-4-2-1-3-5-11/h1-5,9,13H,6-8,10H2,(H,21,22). The van der Waals surface area contributed by atoms with Crippen molar-refractivity contribution in [3.63, 3.8) is 0 Å². The molecule has 0 aliphatic carbocycles. The molecule has 23 heavy (non-hydrogen) atoms. The van der Waals surface area contributed by atoms with Crippen molar-refractivity contribution >= 4 is 11.9 Å². The fraction of sp³-hybridized carbons (Fsp3) is 0.333. The van der Waals surface area contributed by atoms with E-state index in [2.05, 4.69) is 10.3 Å². The number of hydrogen-bond acceptors (Lipinski definition) is 5. The highest BCUT2D eigenvalue weighted by molar-refractivity contribution is 5.94. The molecule has 1 aliphatic rings. The number of carboxylic acids is 1. The lowest BCUT2D eigenvalue weighted by Gasteiger charge is -2.32. The Hall–Kier alpha value is -2.74. The van der Waals surface area contributed by atoms with Crippen molar-refractivity contribution in [1.82, 2.24) is 19.9 Å². The van der Waals surface area contributed by atoms with Gasteiger partial charge in [0.25, 0.3) is 5.91 Å². The molecule has 1 unspecified atom stereocenters. The predicted octanol–water partition coefficient (Wildman–Crippen LogP) is 0.252. The van der Waals surface area contributed by atoms with Gasteiger partial charge in [-0.25, -0.2) is 9.48 Å². The number of rotatable bonds is 4. The van der Waals surface area contributed by atoms with Gasteiger partial charge in [0.05, 0.1) is 26.0 Å². The zero-order valence-corrected chi connectivity index (χ0v) is 12.3. The van der Waals surface area contributed by atoms with Gasteiger partial charge < -0.3 is 14.7 Å². The van der Waals surface area contributed by atoms with Crippen molar-refractivity contribution in [3.8, 4) is 0 Å². The van der Waals surface area contributed by atoms with Crippen LogP contribution in [0.5, 0.6) is 0 Å². The third kappa shape index (κ3) is 3.37. The molecular formula is C15H16N4O4. The summed E-state index contributed by atoms with van der Waals surface area (Å²) in [4.78, 5) is 25.0. The van der Waals surface area contributed by atoms with E-state index in [4.69, 9.17) is 4.74 Å². The molecular weight excluding hydrogens is 300 g/mol. The van der Waals surface area contributed by atoms with Gasteiger partial charge in [0, 0.05) is 6.54 Å². The number of aliphatic carboxylic acids is 1. The van der Waals surface area contributed by atoms with Gasteiger partial charge >= 0.3 is 5.97 Å². The number of ether oxygens (including phenoxy) is 1. The number of aromatic nitrogens is 3. The molecule has 8 nitrogen and oxygen atoms in total. The van der Waals surface area contributed by atoms with Crippen LogP contribution in [0.4, 0.5) is 0 Å². The first-order chi connectivity index (χ1) is 11.1. The summed E-state index contributed by atoms with van der Waals surface area (Å²) in [6.07, 6.45) is 1.53. The average molecular weight is 316 g/mol. The molecule has 1 amide bonds. The van der Waals surface area contributed by atoms with Gasteiger partial charge in [0.1, 0.15) is 0 Å². The van der Waals surface area contributed by atoms with Crippen molar-refractivity contribution in [2.24, 2.45) is 0 Å². The molecule has 1 aromatic carbocycles. The second-order valence-corrected chi connectivity index (χ2v) is 5.21. The van der Waals surface area contributed by atoms with Crippen LogP contribution in [0.15, 0.2) is 36.5 Å². The zero-order valence-electron chi connectivity index (χ0n) is 12.3. The molecule has 8 heteroatoms. The average Bonchev–Trinajstić information content (AvgIpc) is 3.03. The van der Waals surface area contributed by atoms with Gasteiger partial charge in [0.2, 0.25) is 0 Å². The summed E-state index contributed by atoms with van der Waals surface area (Å²) in [5.41, 5.74) is 1.17. The fourth-order valence-electron chi connectivity index (χ4n) is 2.44. The topological polar surface area (TPSA) is 97.6 Å². The zero-order chi connectivity index (χ0) is 16.2. The lowest BCUT2D eigenvalue weighted by molar-refractivity contribution is -0.147. The van der Waals surface area contributed by atoms with E-state index in [-0.39, 0.29) is 18.8 Å². The molecule has 0 radical (unpaired) electrons. The normalized spacial score (nSPS) is 17.9. The summed E-state index contributed by atoms with van der Waals surface area (Å²) in [6.45, 7) is 1.01. The van der Waals surface area contributed by atoms with Gasteiger partial charge in [-0.05, 0) is 5.56 Å². The second-order valence-electron chi connectivity index (χ2n) is 5.21. The molecule has 1 aromatic heterocycles. The Labute approximate surface area is 132 Å². The number of carboxylic acid groups (broad SMARTS) is 1. The van der Waals surface area contributed by atoms with Crippen LogP contribution in [-0.4, -0.2) is 62.7 Å². The van der Waals surface area contributed by atoms with Crippen molar-refractivity contribution in [2.75, 3.05) is 19.8 Å². The summed E-state index contributed by atoms with van der Waals surface area (Å²) in [5, 5.41) is 17.0. The molecule has 0 spiro atoms. The van der Waals surface area contributed by atoms with Crippen LogP contribution < -0.4 is 0 Å². The van der Waals surface area contributed by atoms with E-state index in [9.17, 15) is 14.7 Å². The first-order valence-corrected chi connectivity index (χ1v) is 7.21. The quantitative estimate of drug-likeness (QED) is 0.868. The molecule has 1 N–H and O–H groups in total. The van der Waals surface area contributed by atoms with E-state index in [1.807, 2.05) is 30.3 Å². The van der Waals surface area contributed by atoms with Crippen LogP contribution in [-0.2, 0) is 16.1 Å². The molecule has 1 saturated heterocycles. The lowest BCUT2D eigenvalue weighted by atomic mass is 10.2. The summed E-state index contributed by atoms with van der Waals surface area (Å²) in [7, 11) is 0. The molecule has 0 saturated carbocycles. The number of carbonyl (C=O) groups excluding carboxylic acids is 1. The van der Waals surface area contributed by atoms with Crippen molar-refractivity contribution < 1.29 is 19.4 Å². The minimum atomic E-state index is -1.09. The summed E-state index contributed by atoms with van der Waals surface area (Å²) < 4.78 is 6.68. The number of nitrogens with zero attached hydrogens (tertiary/aromatic N) is 4. The largest absolute Gasteiger partial charge is 0.480 e. The van der Waals surface area contributed by atoms with Crippen LogP contribution in [0.1, 0.15) is 16.1 Å². The van der Waals surface area contributed by atoms with Crippen LogP contribution in [0, 0.1) is 0 Å². The fourth-order valence-corrected chi connectivity index (χ4v) is 2.44. The molecule has 2 aromatic rings. The molecule has 1 fully saturated rings. The Morgan fingerprint density at radius 2 is 2.09 bits per heavy atom. The third-order valence-electron chi connectivity index (χ3n) is 3.62. The smallest absolute Gasteiger partial charge is 0.328 e. The third-order valence-corrected chi connectivity index (χ3v) is 3.62. The van der Waals surface area contributed by atoms with Gasteiger partial charge in [-0.15, -0.1) is 5.10 Å². The monoisotopic (exact) mass is 316 g/mol. The van der Waals surface area contributed by atoms with Gasteiger partial charge in [0.15, 0.2) is 11.7 Å². The molecule has 3 rings (SSSR count). The van der Waals surface area contributed by atoms with Gasteiger partial charge in [-0.2, -0.15) is 0 Å². The summed E-state index contributed by atoms with van der Waals surface area (Å²) >= 11 is 0. The minimum absolute atomic E-state index is 0.0147. The maximum absolute atomic E-state index is 12.5. The summed E-state index contributed by atoms with van der Waals surface area (Å²) in [5.74, 6) is -1.53. The highest BCUT2D eigenvalue weighted by Gasteiger charge is 2.34. The first-order valence-electron chi connectivity index (χ1n) is 7.21. The van der Waals surface area contributed by atoms with E-state index in [1.165, 1.54) is 11.1 Å². The molecule has 1 atom stereocenters. The Morgan fingerprint density at radius 3 is 2.83 bits per heavy atom. The Balaban J connectivity index is 1.74. The predicted molar refractivity (Wildman–Crippen MR) is 78.8 cm³/mol. The number of benzene rings is 1. The maximum atomic E-state index is 12.5. The highest BCUT2D eigenvalue weighted by atomic mass is 16.5. The number of carbonyl (C=O) groups is 2. The lowest BCUT2D eigenvalue weighted by Crippen LogP contribution is -2.52. The first kappa shape index (κ1) is 15.2. The van der Waals surface area contributed by atoms with Crippen LogP contribution >= 0.6 is 0 Å². The van der Waals surface area contributed by atoms with Crippen molar-refractivity contribution in [1.29, 1.82) is 0 Å². The van der Waals surface area contributed by atoms with Gasteiger partial charge in [-0.3, -0.25) is 4.79 Å². The highest BCUT2D eigenvalue weighted by Crippen LogP contribution is 2.12. The van der Waals surface area contributed by atoms with Crippen LogP contribution in [0.3, 0.4) is 0 Å². The van der Waals surface area contributed by atoms with Crippen LogP contribution in [0.2, 0.25) is 0 Å². The molecule has 0 bridgehead atoms. The molecule has 120 valence electrons. The van der Waals surface area contributed by atoms with Gasteiger partial charge in [-0.1, -0.05) is 35.5 Å². The second kappa shape index (κ2) is 6.57. The van der Waals surface area contributed by atoms with E-state index in [0.717, 1.165) is 5.56 Å². The van der Waals surface area contributed by atoms with E-state index < -0.39 is 17.9 Å². The van der Waals surface area contributed by atoms with E-state index in [0.29, 0.717) is 13.2 Å². The van der Waals surface area contributed by atoms with Crippen LogP contribution in [0.25, 0.3) is 0 Å². The number of morpholine rings is 1.